The summed E-state index contributed by atoms with van der Waals surface area (Å²) in [6.07, 6.45) is 0. The van der Waals surface area contributed by atoms with Gasteiger partial charge in [0.15, 0.2) is 0 Å². The fourth-order valence-electron chi connectivity index (χ4n) is 1.89. The van der Waals surface area contributed by atoms with Gasteiger partial charge in [0.25, 0.3) is 0 Å². The maximum atomic E-state index is 2.22. The molecule has 2 rings (SSSR count). The molecular weight excluding hydrogens is 179 g/mol. The zero-order valence-corrected chi connectivity index (χ0v) is 9.54. The van der Waals surface area contributed by atoms with E-state index in [1.165, 1.54) is 27.7 Å². The van der Waals surface area contributed by atoms with Gasteiger partial charge >= 0.3 is 91.7 Å². The number of hydrogen-bond donors (Lipinski definition) is 0. The zero-order chi connectivity index (χ0) is 10.8. The molecule has 0 aliphatic heterocycles. The fraction of sp³-hybridized carbons (Fsp3) is 0.214. The first-order chi connectivity index (χ1) is 7.20. The molecule has 0 aliphatic carbocycles. The van der Waals surface area contributed by atoms with Crippen LogP contribution in [0, 0.1) is 20.8 Å². The first-order valence-corrected chi connectivity index (χ1v) is 5.32. The summed E-state index contributed by atoms with van der Waals surface area (Å²) in [5.41, 5.74) is 6.81. The summed E-state index contributed by atoms with van der Waals surface area (Å²) >= 11 is 0. The van der Waals surface area contributed by atoms with Gasteiger partial charge in [-0.25, -0.2) is 0 Å². The van der Waals surface area contributed by atoms with Crippen LogP contribution in [0.15, 0.2) is 36.3 Å². The molecule has 1 heterocycles. The van der Waals surface area contributed by atoms with Gasteiger partial charge in [0.05, 0.1) is 0 Å². The summed E-state index contributed by atoms with van der Waals surface area (Å²) in [4.78, 5) is 0. The molecule has 0 saturated heterocycles. The van der Waals surface area contributed by atoms with Crippen molar-refractivity contribution in [3.8, 4) is 11.0 Å². The van der Waals surface area contributed by atoms with E-state index in [1.807, 2.05) is 0 Å². The van der Waals surface area contributed by atoms with Crippen LogP contribution in [-0.2, 0) is 0 Å². The second-order valence-corrected chi connectivity index (χ2v) is 4.05. The molecular formula is C14H15B. The minimum absolute atomic E-state index is 1.30. The van der Waals surface area contributed by atoms with E-state index >= 15 is 0 Å². The number of rotatable bonds is 1. The van der Waals surface area contributed by atoms with Gasteiger partial charge in [-0.2, -0.15) is 0 Å². The van der Waals surface area contributed by atoms with Crippen molar-refractivity contribution >= 4 is 6.91 Å². The van der Waals surface area contributed by atoms with Crippen molar-refractivity contribution in [3.63, 3.8) is 0 Å². The van der Waals surface area contributed by atoms with E-state index in [0.29, 0.717) is 0 Å². The van der Waals surface area contributed by atoms with Gasteiger partial charge in [-0.05, 0) is 0 Å². The van der Waals surface area contributed by atoms with E-state index in [9.17, 15) is 0 Å². The van der Waals surface area contributed by atoms with Crippen LogP contribution in [0.25, 0.3) is 11.0 Å². The Balaban J connectivity index is 2.60. The fourth-order valence-corrected chi connectivity index (χ4v) is 1.89. The first-order valence-electron chi connectivity index (χ1n) is 5.32. The molecule has 0 aliphatic rings. The van der Waals surface area contributed by atoms with Gasteiger partial charge in [0.1, 0.15) is 0 Å². The van der Waals surface area contributed by atoms with Gasteiger partial charge in [0.2, 0.25) is 0 Å². The third-order valence-electron chi connectivity index (χ3n) is 3.14. The van der Waals surface area contributed by atoms with Crippen LogP contribution in [0.4, 0.5) is 0 Å². The van der Waals surface area contributed by atoms with Crippen LogP contribution in [0.3, 0.4) is 0 Å². The van der Waals surface area contributed by atoms with Gasteiger partial charge in [-0.1, -0.05) is 0 Å². The van der Waals surface area contributed by atoms with Crippen LogP contribution in [0.2, 0.25) is 0 Å². The molecule has 0 N–H and O–H groups in total. The third-order valence-corrected chi connectivity index (χ3v) is 3.14. The number of hydrogen-bond acceptors (Lipinski definition) is 0. The Hall–Kier alpha value is -1.37. The van der Waals surface area contributed by atoms with Crippen LogP contribution >= 0.6 is 0 Å². The third kappa shape index (κ3) is 1.87. The monoisotopic (exact) mass is 194 g/mol. The van der Waals surface area contributed by atoms with Crippen molar-refractivity contribution in [2.75, 3.05) is 0 Å². The summed E-state index contributed by atoms with van der Waals surface area (Å²) in [5.74, 6) is 2.09. The molecule has 0 nitrogen and oxygen atoms in total. The van der Waals surface area contributed by atoms with E-state index in [0.717, 1.165) is 0 Å². The molecule has 1 aromatic carbocycles. The van der Waals surface area contributed by atoms with Crippen molar-refractivity contribution in [1.29, 1.82) is 0 Å². The van der Waals surface area contributed by atoms with Crippen molar-refractivity contribution in [2.24, 2.45) is 0 Å². The number of benzene rings is 1. The second kappa shape index (κ2) is 4.02. The van der Waals surface area contributed by atoms with E-state index in [-0.39, 0.29) is 0 Å². The molecule has 0 radical (unpaired) electrons. The zero-order valence-electron chi connectivity index (χ0n) is 9.54. The summed E-state index contributed by atoms with van der Waals surface area (Å²) in [5, 5.41) is 0. The summed E-state index contributed by atoms with van der Waals surface area (Å²) in [6, 6.07) is 10.7. The maximum absolute atomic E-state index is 2.22. The van der Waals surface area contributed by atoms with Gasteiger partial charge in [0, 0.05) is 0 Å². The van der Waals surface area contributed by atoms with Gasteiger partial charge in [-0.3, -0.25) is 0 Å². The van der Waals surface area contributed by atoms with E-state index < -0.39 is 0 Å². The van der Waals surface area contributed by atoms with E-state index in [4.69, 9.17) is 0 Å². The SMILES string of the molecule is Cc1ccc(-c2bcccc2)c(C)c1C. The quantitative estimate of drug-likeness (QED) is 0.650. The Kier molecular flexibility index (Phi) is 2.72. The Morgan fingerprint density at radius 3 is 2.33 bits per heavy atom. The molecule has 74 valence electrons. The molecule has 1 heteroatoms. The van der Waals surface area contributed by atoms with Crippen LogP contribution < -0.4 is 0 Å². The van der Waals surface area contributed by atoms with E-state index in [1.54, 1.807) is 0 Å². The molecule has 15 heavy (non-hydrogen) atoms. The standard InChI is InChI=1S/C14H15B/c1-10-7-8-13(12(3)11(10)2)14-6-4-5-9-15-14/h4-9H,1-3H3. The molecule has 2 aromatic rings. The molecule has 0 bridgehead atoms. The Morgan fingerprint density at radius 1 is 0.867 bits per heavy atom. The average Bonchev–Trinajstić information content (AvgIpc) is 2.27. The summed E-state index contributed by atoms with van der Waals surface area (Å²) in [7, 11) is 0. The molecule has 0 saturated carbocycles. The van der Waals surface area contributed by atoms with Crippen LogP contribution in [-0.4, -0.2) is 6.91 Å². The average molecular weight is 194 g/mol. The number of aryl methyl sites for hydroxylation is 1. The van der Waals surface area contributed by atoms with Crippen LogP contribution in [0.5, 0.6) is 0 Å². The van der Waals surface area contributed by atoms with E-state index in [2.05, 4.69) is 64.0 Å². The van der Waals surface area contributed by atoms with Crippen molar-refractivity contribution in [1.82, 2.24) is 0 Å². The van der Waals surface area contributed by atoms with Crippen molar-refractivity contribution in [3.05, 3.63) is 53.0 Å². The summed E-state index contributed by atoms with van der Waals surface area (Å²) in [6.45, 7) is 8.72. The van der Waals surface area contributed by atoms with Crippen molar-refractivity contribution in [2.45, 2.75) is 20.8 Å². The molecule has 0 fully saturated rings. The molecule has 0 atom stereocenters. The molecule has 0 spiro atoms. The van der Waals surface area contributed by atoms with Gasteiger partial charge in [-0.15, -0.1) is 0 Å². The van der Waals surface area contributed by atoms with Crippen molar-refractivity contribution < 1.29 is 0 Å². The van der Waals surface area contributed by atoms with Crippen LogP contribution in [0.1, 0.15) is 16.7 Å². The molecule has 0 unspecified atom stereocenters. The summed E-state index contributed by atoms with van der Waals surface area (Å²) < 4.78 is 0. The topological polar surface area (TPSA) is 0 Å². The normalized spacial score (nSPS) is 10.1. The first kappa shape index (κ1) is 10.2. The predicted molar refractivity (Wildman–Crippen MR) is 67.4 cm³/mol. The Bertz CT molecular complexity index is 472. The molecule has 0 amide bonds. The predicted octanol–water partition coefficient (Wildman–Crippen LogP) is 3.62. The Labute approximate surface area is 92.2 Å². The molecule has 1 aromatic heterocycles. The second-order valence-electron chi connectivity index (χ2n) is 4.05. The Morgan fingerprint density at radius 2 is 1.67 bits per heavy atom. The minimum atomic E-state index is 1.30. The van der Waals surface area contributed by atoms with Gasteiger partial charge < -0.3 is 0 Å².